The minimum absolute atomic E-state index is 0.241. The van der Waals surface area contributed by atoms with E-state index in [0.29, 0.717) is 12.5 Å². The summed E-state index contributed by atoms with van der Waals surface area (Å²) in [4.78, 5) is 18.4. The van der Waals surface area contributed by atoms with E-state index in [2.05, 4.69) is 11.9 Å². The van der Waals surface area contributed by atoms with Gasteiger partial charge < -0.3 is 9.88 Å². The second kappa shape index (κ2) is 5.31. The fraction of sp³-hybridized carbons (Fsp3) is 0.667. The lowest BCUT2D eigenvalue weighted by Crippen LogP contribution is -2.42. The molecule has 0 radical (unpaired) electrons. The van der Waals surface area contributed by atoms with Crippen LogP contribution in [0.1, 0.15) is 36.8 Å². The van der Waals surface area contributed by atoms with E-state index in [9.17, 15) is 4.79 Å². The molecule has 1 aliphatic rings. The molecule has 1 aromatic heterocycles. The molecule has 1 aromatic rings. The minimum atomic E-state index is 0.241. The van der Waals surface area contributed by atoms with E-state index in [-0.39, 0.29) is 5.91 Å². The number of rotatable bonds is 2. The van der Waals surface area contributed by atoms with Crippen LogP contribution >= 0.6 is 23.6 Å². The van der Waals surface area contributed by atoms with Crippen LogP contribution < -0.4 is 0 Å². The van der Waals surface area contributed by atoms with Crippen LogP contribution in [0.5, 0.6) is 0 Å². The summed E-state index contributed by atoms with van der Waals surface area (Å²) in [5.41, 5.74) is 1.04. The maximum Gasteiger partial charge on any atom is 0.228 e. The van der Waals surface area contributed by atoms with Crippen LogP contribution in [0.4, 0.5) is 0 Å². The van der Waals surface area contributed by atoms with Crippen molar-refractivity contribution in [3.8, 4) is 0 Å². The summed E-state index contributed by atoms with van der Waals surface area (Å²) in [6, 6.07) is 0.392. The molecule has 0 saturated carbocycles. The first kappa shape index (κ1) is 12.8. The molecule has 0 aliphatic carbocycles. The van der Waals surface area contributed by atoms with Gasteiger partial charge in [-0.15, -0.1) is 11.3 Å². The van der Waals surface area contributed by atoms with Crippen molar-refractivity contribution in [1.29, 1.82) is 0 Å². The number of nitrogens with zero attached hydrogens (tertiary/aromatic N) is 1. The quantitative estimate of drug-likeness (QED) is 0.838. The predicted octanol–water partition coefficient (Wildman–Crippen LogP) is 3.06. The van der Waals surface area contributed by atoms with Gasteiger partial charge in [-0.05, 0) is 45.3 Å². The van der Waals surface area contributed by atoms with Crippen LogP contribution in [0.15, 0.2) is 0 Å². The van der Waals surface area contributed by atoms with Crippen LogP contribution in [0, 0.1) is 10.9 Å². The van der Waals surface area contributed by atoms with E-state index in [4.69, 9.17) is 12.2 Å². The lowest BCUT2D eigenvalue weighted by Gasteiger charge is -2.33. The Morgan fingerprint density at radius 3 is 2.94 bits per heavy atom. The van der Waals surface area contributed by atoms with Crippen molar-refractivity contribution < 1.29 is 4.79 Å². The van der Waals surface area contributed by atoms with Gasteiger partial charge in [0, 0.05) is 23.2 Å². The minimum Gasteiger partial charge on any atom is -0.341 e. The van der Waals surface area contributed by atoms with E-state index in [1.165, 1.54) is 17.8 Å². The molecule has 0 aromatic carbocycles. The Hall–Kier alpha value is -0.680. The van der Waals surface area contributed by atoms with Gasteiger partial charge in [-0.1, -0.05) is 0 Å². The van der Waals surface area contributed by atoms with E-state index in [1.54, 1.807) is 0 Å². The van der Waals surface area contributed by atoms with Gasteiger partial charge in [-0.25, -0.2) is 0 Å². The number of thiazole rings is 1. The smallest absolute Gasteiger partial charge is 0.228 e. The number of piperidine rings is 1. The van der Waals surface area contributed by atoms with Crippen LogP contribution in [0.2, 0.25) is 0 Å². The number of carbonyl (C=O) groups is 1. The zero-order valence-electron chi connectivity index (χ0n) is 10.3. The SMILES string of the molecule is Cc1[nH]c(=S)sc1CC(=O)N1CCCCC1C. The van der Waals surface area contributed by atoms with Crippen molar-refractivity contribution in [1.82, 2.24) is 9.88 Å². The molecule has 0 bridgehead atoms. The molecule has 3 nitrogen and oxygen atoms in total. The molecular formula is C12H18N2OS2. The van der Waals surface area contributed by atoms with Gasteiger partial charge in [-0.2, -0.15) is 0 Å². The van der Waals surface area contributed by atoms with Gasteiger partial charge in [0.1, 0.15) is 0 Å². The summed E-state index contributed by atoms with van der Waals surface area (Å²) >= 11 is 6.61. The summed E-state index contributed by atoms with van der Waals surface area (Å²) in [6.07, 6.45) is 4.01. The molecule has 2 heterocycles. The molecule has 17 heavy (non-hydrogen) atoms. The predicted molar refractivity (Wildman–Crippen MR) is 73.0 cm³/mol. The number of likely N-dealkylation sites (tertiary alicyclic amines) is 1. The number of carbonyl (C=O) groups excluding carboxylic acids is 1. The standard InChI is InChI=1S/C12H18N2OS2/c1-8-5-3-4-6-14(8)11(15)7-10-9(2)13-12(16)17-10/h8H,3-7H2,1-2H3,(H,13,16). The summed E-state index contributed by atoms with van der Waals surface area (Å²) in [6.45, 7) is 5.03. The van der Waals surface area contributed by atoms with Crippen molar-refractivity contribution >= 4 is 29.5 Å². The summed E-state index contributed by atoms with van der Waals surface area (Å²) in [7, 11) is 0. The molecule has 1 aliphatic heterocycles. The third kappa shape index (κ3) is 2.96. The van der Waals surface area contributed by atoms with Crippen LogP contribution in [-0.2, 0) is 11.2 Å². The Morgan fingerprint density at radius 2 is 2.35 bits per heavy atom. The first-order chi connectivity index (χ1) is 8.08. The Balaban J connectivity index is 2.05. The van der Waals surface area contributed by atoms with Crippen LogP contribution in [-0.4, -0.2) is 28.4 Å². The van der Waals surface area contributed by atoms with Crippen molar-refractivity contribution in [3.05, 3.63) is 14.5 Å². The molecule has 2 rings (SSSR count). The summed E-state index contributed by atoms with van der Waals surface area (Å²) in [5.74, 6) is 0.241. The largest absolute Gasteiger partial charge is 0.341 e. The number of H-pyrrole nitrogens is 1. The Bertz CT molecular complexity index is 463. The van der Waals surface area contributed by atoms with Crippen molar-refractivity contribution in [3.63, 3.8) is 0 Å². The van der Waals surface area contributed by atoms with Crippen LogP contribution in [0.25, 0.3) is 0 Å². The lowest BCUT2D eigenvalue weighted by atomic mass is 10.0. The molecule has 1 amide bonds. The average molecular weight is 270 g/mol. The first-order valence-electron chi connectivity index (χ1n) is 6.06. The molecule has 1 N–H and O–H groups in total. The maximum absolute atomic E-state index is 12.2. The van der Waals surface area contributed by atoms with E-state index >= 15 is 0 Å². The van der Waals surface area contributed by atoms with Gasteiger partial charge in [-0.3, -0.25) is 4.79 Å². The molecule has 1 unspecified atom stereocenters. The number of aromatic nitrogens is 1. The molecule has 5 heteroatoms. The van der Waals surface area contributed by atoms with Gasteiger partial charge >= 0.3 is 0 Å². The third-order valence-electron chi connectivity index (χ3n) is 3.36. The van der Waals surface area contributed by atoms with E-state index in [0.717, 1.165) is 33.9 Å². The highest BCUT2D eigenvalue weighted by Crippen LogP contribution is 2.20. The van der Waals surface area contributed by atoms with E-state index in [1.807, 2.05) is 11.8 Å². The van der Waals surface area contributed by atoms with Gasteiger partial charge in [0.15, 0.2) is 3.95 Å². The highest BCUT2D eigenvalue weighted by atomic mass is 32.1. The van der Waals surface area contributed by atoms with E-state index < -0.39 is 0 Å². The van der Waals surface area contributed by atoms with Gasteiger partial charge in [0.25, 0.3) is 0 Å². The number of nitrogens with one attached hydrogen (secondary N) is 1. The van der Waals surface area contributed by atoms with Crippen molar-refractivity contribution in [2.45, 2.75) is 45.6 Å². The second-order valence-corrected chi connectivity index (χ2v) is 6.44. The third-order valence-corrected chi connectivity index (χ3v) is 4.70. The van der Waals surface area contributed by atoms with Gasteiger partial charge in [0.2, 0.25) is 5.91 Å². The molecule has 94 valence electrons. The maximum atomic E-state index is 12.2. The molecule has 0 spiro atoms. The normalized spacial score (nSPS) is 20.6. The summed E-state index contributed by atoms with van der Waals surface area (Å²) < 4.78 is 0.761. The Kier molecular flexibility index (Phi) is 3.99. The molecule has 1 atom stereocenters. The highest BCUT2D eigenvalue weighted by Gasteiger charge is 2.23. The first-order valence-corrected chi connectivity index (χ1v) is 7.28. The summed E-state index contributed by atoms with van der Waals surface area (Å²) in [5, 5.41) is 0. The number of amides is 1. The fourth-order valence-electron chi connectivity index (χ4n) is 2.31. The van der Waals surface area contributed by atoms with Crippen LogP contribution in [0.3, 0.4) is 0 Å². The van der Waals surface area contributed by atoms with Crippen molar-refractivity contribution in [2.75, 3.05) is 6.54 Å². The fourth-order valence-corrected chi connectivity index (χ4v) is 3.60. The lowest BCUT2D eigenvalue weighted by molar-refractivity contribution is -0.133. The molecule has 1 fully saturated rings. The highest BCUT2D eigenvalue weighted by molar-refractivity contribution is 7.73. The number of hydrogen-bond donors (Lipinski definition) is 1. The van der Waals surface area contributed by atoms with Crippen molar-refractivity contribution in [2.24, 2.45) is 0 Å². The number of aryl methyl sites for hydroxylation is 1. The monoisotopic (exact) mass is 270 g/mol. The Labute approximate surface area is 111 Å². The topological polar surface area (TPSA) is 36.1 Å². The zero-order valence-corrected chi connectivity index (χ0v) is 11.9. The molecule has 1 saturated heterocycles. The van der Waals surface area contributed by atoms with Gasteiger partial charge in [0.05, 0.1) is 6.42 Å². The second-order valence-electron chi connectivity index (χ2n) is 4.67. The Morgan fingerprint density at radius 1 is 1.59 bits per heavy atom. The zero-order chi connectivity index (χ0) is 12.4. The number of hydrogen-bond acceptors (Lipinski definition) is 3. The molecular weight excluding hydrogens is 252 g/mol. The number of aromatic amines is 1. The average Bonchev–Trinajstić information content (AvgIpc) is 2.58.